The number of aryl methyl sites for hydroxylation is 2. The van der Waals surface area contributed by atoms with Crippen molar-refractivity contribution < 1.29 is 9.18 Å². The van der Waals surface area contributed by atoms with Crippen molar-refractivity contribution in [3.63, 3.8) is 0 Å². The van der Waals surface area contributed by atoms with Crippen molar-refractivity contribution in [2.75, 3.05) is 5.32 Å². The maximum absolute atomic E-state index is 13.2. The Balaban J connectivity index is 1.16. The zero-order valence-electron chi connectivity index (χ0n) is 21.1. The van der Waals surface area contributed by atoms with Gasteiger partial charge in [0.15, 0.2) is 17.5 Å². The molecule has 0 bridgehead atoms. The molecule has 1 amide bonds. The first-order valence-electron chi connectivity index (χ1n) is 12.5. The molecule has 0 saturated heterocycles. The molecule has 1 fully saturated rings. The molecule has 11 heteroatoms. The van der Waals surface area contributed by atoms with Gasteiger partial charge in [-0.25, -0.2) is 24.0 Å². The van der Waals surface area contributed by atoms with E-state index in [0.717, 1.165) is 66.3 Å². The van der Waals surface area contributed by atoms with Gasteiger partial charge in [0.05, 0.1) is 18.4 Å². The van der Waals surface area contributed by atoms with E-state index in [4.69, 9.17) is 4.98 Å². The number of H-pyrrole nitrogens is 1. The van der Waals surface area contributed by atoms with Crippen LogP contribution in [0.5, 0.6) is 0 Å². The van der Waals surface area contributed by atoms with Crippen LogP contribution in [0.15, 0.2) is 42.9 Å². The zero-order valence-corrected chi connectivity index (χ0v) is 21.1. The number of nitrogens with one attached hydrogen (secondary N) is 3. The van der Waals surface area contributed by atoms with Crippen molar-refractivity contribution >= 4 is 17.5 Å². The summed E-state index contributed by atoms with van der Waals surface area (Å²) in [6.45, 7) is 5.84. The lowest BCUT2D eigenvalue weighted by Crippen LogP contribution is -2.34. The second-order valence-corrected chi connectivity index (χ2v) is 9.65. The standard InChI is InChI=1S/C26H30FN9O/c1-15-10-22(32-23-11-16(2)34-35-23)33-25(30-15)18-4-6-19(7-5-18)26(37)31-17(3)20-8-9-24(28-12-20)36-14-21(27)13-29-36/h8-14,17-19H,4-7H2,1-3H3,(H,31,37)(H2,30,32,33,34,35)/t17-,18?,19?/m0/s1. The first-order valence-corrected chi connectivity index (χ1v) is 12.5. The molecule has 0 aromatic carbocycles. The summed E-state index contributed by atoms with van der Waals surface area (Å²) in [6.07, 6.45) is 7.36. The lowest BCUT2D eigenvalue weighted by Gasteiger charge is -2.28. The van der Waals surface area contributed by atoms with Gasteiger partial charge in [0, 0.05) is 41.6 Å². The molecule has 10 nitrogen and oxygen atoms in total. The number of aromatic nitrogens is 7. The summed E-state index contributed by atoms with van der Waals surface area (Å²) in [4.78, 5) is 26.8. The lowest BCUT2D eigenvalue weighted by atomic mass is 9.81. The van der Waals surface area contributed by atoms with Gasteiger partial charge in [-0.15, -0.1) is 0 Å². The van der Waals surface area contributed by atoms with Crippen LogP contribution in [0, 0.1) is 25.6 Å². The minimum absolute atomic E-state index is 0.0468. The average molecular weight is 504 g/mol. The van der Waals surface area contributed by atoms with Crippen LogP contribution in [0.4, 0.5) is 16.0 Å². The van der Waals surface area contributed by atoms with Crippen LogP contribution in [-0.4, -0.2) is 40.8 Å². The molecule has 1 atom stereocenters. The first kappa shape index (κ1) is 24.5. The van der Waals surface area contributed by atoms with Gasteiger partial charge < -0.3 is 10.6 Å². The Morgan fingerprint density at radius 2 is 1.92 bits per heavy atom. The fourth-order valence-electron chi connectivity index (χ4n) is 4.70. The Morgan fingerprint density at radius 3 is 2.57 bits per heavy atom. The summed E-state index contributed by atoms with van der Waals surface area (Å²) >= 11 is 0. The molecule has 1 aliphatic rings. The second kappa shape index (κ2) is 10.5. The number of anilines is 2. The van der Waals surface area contributed by atoms with Crippen LogP contribution in [0.2, 0.25) is 0 Å². The van der Waals surface area contributed by atoms with E-state index < -0.39 is 5.82 Å². The molecule has 0 unspecified atom stereocenters. The SMILES string of the molecule is Cc1cc(Nc2cc(C)[nH]n2)nc(C2CCC(C(=O)N[C@@H](C)c3ccc(-n4cc(F)cn4)nc3)CC2)n1. The summed E-state index contributed by atoms with van der Waals surface area (Å²) in [5.74, 6) is 2.56. The van der Waals surface area contributed by atoms with Crippen LogP contribution in [-0.2, 0) is 4.79 Å². The molecule has 4 aromatic heterocycles. The minimum atomic E-state index is -0.420. The van der Waals surface area contributed by atoms with Gasteiger partial charge in [-0.05, 0) is 58.1 Å². The fourth-order valence-corrected chi connectivity index (χ4v) is 4.70. The van der Waals surface area contributed by atoms with E-state index >= 15 is 0 Å². The van der Waals surface area contributed by atoms with E-state index in [1.165, 1.54) is 10.9 Å². The molecule has 192 valence electrons. The number of amides is 1. The van der Waals surface area contributed by atoms with Crippen molar-refractivity contribution in [3.8, 4) is 5.82 Å². The highest BCUT2D eigenvalue weighted by Gasteiger charge is 2.29. The Hall–Kier alpha value is -4.15. The molecular formula is C26H30FN9O. The van der Waals surface area contributed by atoms with Crippen LogP contribution in [0.25, 0.3) is 5.82 Å². The van der Waals surface area contributed by atoms with Crippen molar-refractivity contribution in [1.29, 1.82) is 0 Å². The van der Waals surface area contributed by atoms with E-state index in [1.54, 1.807) is 12.3 Å². The molecule has 3 N–H and O–H groups in total. The number of halogens is 1. The molecule has 1 aliphatic carbocycles. The summed E-state index contributed by atoms with van der Waals surface area (Å²) in [5, 5.41) is 17.4. The predicted molar refractivity (Wildman–Crippen MR) is 136 cm³/mol. The van der Waals surface area contributed by atoms with Gasteiger partial charge in [0.25, 0.3) is 0 Å². The smallest absolute Gasteiger partial charge is 0.223 e. The summed E-state index contributed by atoms with van der Waals surface area (Å²) < 4.78 is 14.6. The van der Waals surface area contributed by atoms with Crippen LogP contribution in [0.1, 0.15) is 67.3 Å². The van der Waals surface area contributed by atoms with Crippen LogP contribution >= 0.6 is 0 Å². The predicted octanol–water partition coefficient (Wildman–Crippen LogP) is 4.43. The van der Waals surface area contributed by atoms with E-state index in [2.05, 4.69) is 35.9 Å². The summed E-state index contributed by atoms with van der Waals surface area (Å²) in [5.41, 5.74) is 2.74. The second-order valence-electron chi connectivity index (χ2n) is 9.65. The monoisotopic (exact) mass is 503 g/mol. The number of nitrogens with zero attached hydrogens (tertiary/aromatic N) is 6. The highest BCUT2D eigenvalue weighted by molar-refractivity contribution is 5.79. The molecule has 37 heavy (non-hydrogen) atoms. The van der Waals surface area contributed by atoms with Crippen molar-refractivity contribution in [2.45, 2.75) is 58.4 Å². The van der Waals surface area contributed by atoms with Crippen molar-refractivity contribution in [2.24, 2.45) is 5.92 Å². The third kappa shape index (κ3) is 5.82. The number of carbonyl (C=O) groups is 1. The molecule has 0 radical (unpaired) electrons. The highest BCUT2D eigenvalue weighted by Crippen LogP contribution is 2.35. The van der Waals surface area contributed by atoms with Gasteiger partial charge in [0.2, 0.25) is 5.91 Å². The van der Waals surface area contributed by atoms with Crippen molar-refractivity contribution in [3.05, 3.63) is 71.4 Å². The largest absolute Gasteiger partial charge is 0.349 e. The number of carbonyl (C=O) groups excluding carboxylic acids is 1. The molecule has 4 heterocycles. The maximum Gasteiger partial charge on any atom is 0.223 e. The third-order valence-corrected chi connectivity index (χ3v) is 6.71. The average Bonchev–Trinajstić information content (AvgIpc) is 3.51. The van der Waals surface area contributed by atoms with E-state index in [0.29, 0.717) is 5.82 Å². The summed E-state index contributed by atoms with van der Waals surface area (Å²) in [7, 11) is 0. The lowest BCUT2D eigenvalue weighted by molar-refractivity contribution is -0.126. The third-order valence-electron chi connectivity index (χ3n) is 6.71. The minimum Gasteiger partial charge on any atom is -0.349 e. The van der Waals surface area contributed by atoms with Crippen LogP contribution in [0.3, 0.4) is 0 Å². The normalized spacial score (nSPS) is 18.4. The Kier molecular flexibility index (Phi) is 6.93. The van der Waals surface area contributed by atoms with Gasteiger partial charge in [-0.3, -0.25) is 9.89 Å². The topological polar surface area (TPSA) is 126 Å². The number of hydrogen-bond acceptors (Lipinski definition) is 7. The Bertz CT molecular complexity index is 1370. The van der Waals surface area contributed by atoms with E-state index in [-0.39, 0.29) is 23.8 Å². The number of hydrogen-bond donors (Lipinski definition) is 3. The van der Waals surface area contributed by atoms with Gasteiger partial charge in [-0.1, -0.05) is 6.07 Å². The van der Waals surface area contributed by atoms with Gasteiger partial charge >= 0.3 is 0 Å². The Labute approximate surface area is 214 Å². The number of rotatable bonds is 7. The van der Waals surface area contributed by atoms with Crippen molar-refractivity contribution in [1.82, 2.24) is 40.2 Å². The molecular weight excluding hydrogens is 473 g/mol. The number of pyridine rings is 1. The molecule has 0 spiro atoms. The summed E-state index contributed by atoms with van der Waals surface area (Å²) in [6, 6.07) is 7.26. The fraction of sp³-hybridized carbons (Fsp3) is 0.385. The van der Waals surface area contributed by atoms with E-state index in [9.17, 15) is 9.18 Å². The van der Waals surface area contributed by atoms with Gasteiger partial charge in [0.1, 0.15) is 11.6 Å². The zero-order chi connectivity index (χ0) is 25.9. The Morgan fingerprint density at radius 1 is 1.11 bits per heavy atom. The molecule has 1 saturated carbocycles. The molecule has 4 aromatic rings. The maximum atomic E-state index is 13.2. The first-order chi connectivity index (χ1) is 17.8. The number of aromatic amines is 1. The van der Waals surface area contributed by atoms with Gasteiger partial charge in [-0.2, -0.15) is 10.2 Å². The molecule has 5 rings (SSSR count). The van der Waals surface area contributed by atoms with Crippen LogP contribution < -0.4 is 10.6 Å². The molecule has 0 aliphatic heterocycles. The quantitative estimate of drug-likeness (QED) is 0.340. The van der Waals surface area contributed by atoms with E-state index in [1.807, 2.05) is 39.0 Å². The highest BCUT2D eigenvalue weighted by atomic mass is 19.1.